The SMILES string of the molecule is CC(C)NCc1cc(OCC2CC2)ccc1Br. The van der Waals surface area contributed by atoms with Gasteiger partial charge in [0.05, 0.1) is 6.61 Å². The van der Waals surface area contributed by atoms with Gasteiger partial charge in [-0.15, -0.1) is 0 Å². The maximum atomic E-state index is 5.78. The molecule has 0 aliphatic heterocycles. The van der Waals surface area contributed by atoms with Crippen LogP contribution >= 0.6 is 15.9 Å². The number of benzene rings is 1. The van der Waals surface area contributed by atoms with Crippen molar-refractivity contribution in [2.75, 3.05) is 6.61 Å². The Kier molecular flexibility index (Phi) is 4.46. The quantitative estimate of drug-likeness (QED) is 0.864. The molecular formula is C14H20BrNO. The van der Waals surface area contributed by atoms with Crippen LogP contribution in [0.5, 0.6) is 5.75 Å². The van der Waals surface area contributed by atoms with E-state index in [9.17, 15) is 0 Å². The summed E-state index contributed by atoms with van der Waals surface area (Å²) in [4.78, 5) is 0. The van der Waals surface area contributed by atoms with Crippen molar-refractivity contribution in [3.8, 4) is 5.75 Å². The van der Waals surface area contributed by atoms with Crippen molar-refractivity contribution in [2.45, 2.75) is 39.3 Å². The zero-order valence-electron chi connectivity index (χ0n) is 10.5. The highest BCUT2D eigenvalue weighted by Gasteiger charge is 2.21. The summed E-state index contributed by atoms with van der Waals surface area (Å²) in [5, 5.41) is 3.42. The Morgan fingerprint density at radius 1 is 1.41 bits per heavy atom. The van der Waals surface area contributed by atoms with E-state index in [-0.39, 0.29) is 0 Å². The Labute approximate surface area is 112 Å². The number of hydrogen-bond donors (Lipinski definition) is 1. The topological polar surface area (TPSA) is 21.3 Å². The third kappa shape index (κ3) is 4.32. The predicted molar refractivity (Wildman–Crippen MR) is 74.3 cm³/mol. The van der Waals surface area contributed by atoms with Crippen molar-refractivity contribution in [1.29, 1.82) is 0 Å². The smallest absolute Gasteiger partial charge is 0.119 e. The molecule has 0 heterocycles. The lowest BCUT2D eigenvalue weighted by Crippen LogP contribution is -2.22. The monoisotopic (exact) mass is 297 g/mol. The molecule has 3 heteroatoms. The van der Waals surface area contributed by atoms with Gasteiger partial charge in [-0.3, -0.25) is 0 Å². The molecule has 2 rings (SSSR count). The first-order valence-electron chi connectivity index (χ1n) is 6.30. The molecule has 2 nitrogen and oxygen atoms in total. The lowest BCUT2D eigenvalue weighted by Gasteiger charge is -2.12. The Bertz CT molecular complexity index is 374. The fourth-order valence-electron chi connectivity index (χ4n) is 1.59. The molecule has 0 aromatic heterocycles. The summed E-state index contributed by atoms with van der Waals surface area (Å²) >= 11 is 3.58. The number of ether oxygens (including phenoxy) is 1. The molecule has 1 saturated carbocycles. The van der Waals surface area contributed by atoms with Crippen molar-refractivity contribution >= 4 is 15.9 Å². The van der Waals surface area contributed by atoms with E-state index in [1.165, 1.54) is 18.4 Å². The van der Waals surface area contributed by atoms with Gasteiger partial charge in [-0.05, 0) is 42.5 Å². The summed E-state index contributed by atoms with van der Waals surface area (Å²) in [6.07, 6.45) is 2.66. The molecule has 0 amide bonds. The van der Waals surface area contributed by atoms with Crippen molar-refractivity contribution in [2.24, 2.45) is 5.92 Å². The predicted octanol–water partition coefficient (Wildman–Crippen LogP) is 3.74. The van der Waals surface area contributed by atoms with Gasteiger partial charge < -0.3 is 10.1 Å². The van der Waals surface area contributed by atoms with Gasteiger partial charge in [-0.1, -0.05) is 29.8 Å². The number of halogens is 1. The Hall–Kier alpha value is -0.540. The highest BCUT2D eigenvalue weighted by atomic mass is 79.9. The maximum Gasteiger partial charge on any atom is 0.119 e. The molecule has 0 radical (unpaired) electrons. The Morgan fingerprint density at radius 2 is 2.18 bits per heavy atom. The van der Waals surface area contributed by atoms with Crippen LogP contribution in [0.1, 0.15) is 32.3 Å². The lowest BCUT2D eigenvalue weighted by molar-refractivity contribution is 0.299. The van der Waals surface area contributed by atoms with Crippen molar-refractivity contribution in [3.63, 3.8) is 0 Å². The van der Waals surface area contributed by atoms with E-state index in [4.69, 9.17) is 4.74 Å². The van der Waals surface area contributed by atoms with Gasteiger partial charge in [0.1, 0.15) is 5.75 Å². The first-order chi connectivity index (χ1) is 8.15. The largest absolute Gasteiger partial charge is 0.493 e. The van der Waals surface area contributed by atoms with Crippen molar-refractivity contribution in [3.05, 3.63) is 28.2 Å². The fraction of sp³-hybridized carbons (Fsp3) is 0.571. The van der Waals surface area contributed by atoms with Crippen LogP contribution in [-0.2, 0) is 6.54 Å². The molecule has 0 atom stereocenters. The number of nitrogens with one attached hydrogen (secondary N) is 1. The summed E-state index contributed by atoms with van der Waals surface area (Å²) < 4.78 is 6.93. The summed E-state index contributed by atoms with van der Waals surface area (Å²) in [5.74, 6) is 1.79. The molecule has 1 aromatic rings. The highest BCUT2D eigenvalue weighted by Crippen LogP contribution is 2.30. The lowest BCUT2D eigenvalue weighted by atomic mass is 10.2. The van der Waals surface area contributed by atoms with Gasteiger partial charge in [0.25, 0.3) is 0 Å². The zero-order valence-corrected chi connectivity index (χ0v) is 12.1. The molecule has 1 fully saturated rings. The summed E-state index contributed by atoms with van der Waals surface area (Å²) in [6.45, 7) is 6.06. The molecule has 1 aliphatic rings. The third-order valence-corrected chi connectivity index (χ3v) is 3.67. The van der Waals surface area contributed by atoms with Crippen LogP contribution in [0.25, 0.3) is 0 Å². The molecule has 0 spiro atoms. The molecule has 0 bridgehead atoms. The maximum absolute atomic E-state index is 5.78. The summed E-state index contributed by atoms with van der Waals surface area (Å²) in [7, 11) is 0. The first kappa shape index (κ1) is 12.9. The second-order valence-corrected chi connectivity index (χ2v) is 5.90. The van der Waals surface area contributed by atoms with Gasteiger partial charge in [0.2, 0.25) is 0 Å². The van der Waals surface area contributed by atoms with E-state index >= 15 is 0 Å². The van der Waals surface area contributed by atoms with Crippen LogP contribution in [0.2, 0.25) is 0 Å². The van der Waals surface area contributed by atoms with Crippen LogP contribution < -0.4 is 10.1 Å². The molecule has 1 aromatic carbocycles. The molecule has 0 unspecified atom stereocenters. The van der Waals surface area contributed by atoms with Gasteiger partial charge in [-0.2, -0.15) is 0 Å². The normalized spacial score (nSPS) is 15.3. The van der Waals surface area contributed by atoms with Crippen LogP contribution in [0.4, 0.5) is 0 Å². The molecule has 1 N–H and O–H groups in total. The fourth-order valence-corrected chi connectivity index (χ4v) is 1.98. The number of rotatable bonds is 6. The summed E-state index contributed by atoms with van der Waals surface area (Å²) in [5.41, 5.74) is 1.26. The minimum absolute atomic E-state index is 0.498. The zero-order chi connectivity index (χ0) is 12.3. The van der Waals surface area contributed by atoms with Gasteiger partial charge in [0, 0.05) is 17.1 Å². The van der Waals surface area contributed by atoms with E-state index in [1.807, 2.05) is 6.07 Å². The average molecular weight is 298 g/mol. The Balaban J connectivity index is 1.94. The third-order valence-electron chi connectivity index (χ3n) is 2.90. The van der Waals surface area contributed by atoms with Crippen LogP contribution in [-0.4, -0.2) is 12.6 Å². The molecule has 1 aliphatic carbocycles. The molecule has 0 saturated heterocycles. The average Bonchev–Trinajstić information content (AvgIpc) is 3.10. The second kappa shape index (κ2) is 5.87. The van der Waals surface area contributed by atoms with E-state index in [0.717, 1.165) is 29.3 Å². The molecule has 94 valence electrons. The van der Waals surface area contributed by atoms with Gasteiger partial charge in [-0.25, -0.2) is 0 Å². The van der Waals surface area contributed by atoms with Crippen molar-refractivity contribution < 1.29 is 4.74 Å². The van der Waals surface area contributed by atoms with Crippen molar-refractivity contribution in [1.82, 2.24) is 5.32 Å². The van der Waals surface area contributed by atoms with Gasteiger partial charge in [0.15, 0.2) is 0 Å². The van der Waals surface area contributed by atoms with Crippen LogP contribution in [0.15, 0.2) is 22.7 Å². The first-order valence-corrected chi connectivity index (χ1v) is 7.09. The standard InChI is InChI=1S/C14H20BrNO/c1-10(2)16-8-12-7-13(5-6-14(12)15)17-9-11-3-4-11/h5-7,10-11,16H,3-4,8-9H2,1-2H3. The van der Waals surface area contributed by atoms with E-state index in [1.54, 1.807) is 0 Å². The Morgan fingerprint density at radius 3 is 2.82 bits per heavy atom. The van der Waals surface area contributed by atoms with E-state index in [0.29, 0.717) is 6.04 Å². The minimum Gasteiger partial charge on any atom is -0.493 e. The summed E-state index contributed by atoms with van der Waals surface area (Å²) in [6, 6.07) is 6.73. The molecular weight excluding hydrogens is 278 g/mol. The molecule has 17 heavy (non-hydrogen) atoms. The van der Waals surface area contributed by atoms with E-state index < -0.39 is 0 Å². The van der Waals surface area contributed by atoms with Crippen LogP contribution in [0.3, 0.4) is 0 Å². The highest BCUT2D eigenvalue weighted by molar-refractivity contribution is 9.10. The van der Waals surface area contributed by atoms with E-state index in [2.05, 4.69) is 47.2 Å². The minimum atomic E-state index is 0.498. The number of hydrogen-bond acceptors (Lipinski definition) is 2. The van der Waals surface area contributed by atoms with Crippen LogP contribution in [0, 0.1) is 5.92 Å². The second-order valence-electron chi connectivity index (χ2n) is 5.04. The van der Waals surface area contributed by atoms with Gasteiger partial charge >= 0.3 is 0 Å².